The monoisotopic (exact) mass is 313 g/mol. The Balaban J connectivity index is 1.66. The van der Waals surface area contributed by atoms with Gasteiger partial charge in [-0.15, -0.1) is 0 Å². The Kier molecular flexibility index (Phi) is 4.09. The molecule has 3 aromatic rings. The molecule has 0 atom stereocenters. The van der Waals surface area contributed by atoms with E-state index in [0.717, 1.165) is 5.56 Å². The van der Waals surface area contributed by atoms with E-state index in [-0.39, 0.29) is 12.5 Å². The summed E-state index contributed by atoms with van der Waals surface area (Å²) in [5.74, 6) is -0.321. The van der Waals surface area contributed by atoms with Gasteiger partial charge in [-0.2, -0.15) is 0 Å². The smallest absolute Gasteiger partial charge is 0.420 e. The number of amides is 1. The number of carbonyl (C=O) groups excluding carboxylic acids is 1. The molecule has 0 spiro atoms. The molecular formula is C16H15N3O4. The summed E-state index contributed by atoms with van der Waals surface area (Å²) >= 11 is 0. The predicted octanol–water partition coefficient (Wildman–Crippen LogP) is 1.31. The minimum Gasteiger partial charge on any atom is -0.481 e. The van der Waals surface area contributed by atoms with Gasteiger partial charge in [-0.3, -0.25) is 9.36 Å². The Bertz CT molecular complexity index is 880. The molecule has 0 saturated heterocycles. The normalized spacial score (nSPS) is 10.7. The molecule has 1 N–H and O–H groups in total. The second kappa shape index (κ2) is 6.35. The van der Waals surface area contributed by atoms with Crippen LogP contribution in [0.2, 0.25) is 0 Å². The van der Waals surface area contributed by atoms with E-state index in [1.165, 1.54) is 11.7 Å². The maximum Gasteiger partial charge on any atom is 0.420 e. The average Bonchev–Trinajstić information content (AvgIpc) is 2.89. The van der Waals surface area contributed by atoms with Gasteiger partial charge in [-0.05, 0) is 17.7 Å². The fraction of sp³-hybridized carbons (Fsp3) is 0.188. The number of methoxy groups -OCH3 is 1. The summed E-state index contributed by atoms with van der Waals surface area (Å²) in [5, 5.41) is 2.75. The van der Waals surface area contributed by atoms with Crippen molar-refractivity contribution in [2.45, 2.75) is 13.1 Å². The van der Waals surface area contributed by atoms with Gasteiger partial charge < -0.3 is 14.5 Å². The van der Waals surface area contributed by atoms with Crippen LogP contribution in [0.15, 0.2) is 51.8 Å². The van der Waals surface area contributed by atoms with Crippen LogP contribution in [-0.2, 0) is 17.9 Å². The van der Waals surface area contributed by atoms with Crippen molar-refractivity contribution in [3.63, 3.8) is 0 Å². The van der Waals surface area contributed by atoms with Crippen LogP contribution in [-0.4, -0.2) is 22.6 Å². The van der Waals surface area contributed by atoms with E-state index in [0.29, 0.717) is 23.5 Å². The Morgan fingerprint density at radius 2 is 2.13 bits per heavy atom. The summed E-state index contributed by atoms with van der Waals surface area (Å²) in [5.41, 5.74) is 1.90. The van der Waals surface area contributed by atoms with Crippen LogP contribution < -0.4 is 15.8 Å². The highest BCUT2D eigenvalue weighted by molar-refractivity contribution is 5.79. The molecule has 7 nitrogen and oxygen atoms in total. The highest BCUT2D eigenvalue weighted by Gasteiger charge is 2.12. The Morgan fingerprint density at radius 1 is 1.30 bits per heavy atom. The van der Waals surface area contributed by atoms with Crippen LogP contribution in [0.3, 0.4) is 0 Å². The number of oxazole rings is 1. The number of fused-ring (bicyclic) bond motifs is 1. The van der Waals surface area contributed by atoms with E-state index in [4.69, 9.17) is 9.15 Å². The first kappa shape index (κ1) is 14.8. The fourth-order valence-corrected chi connectivity index (χ4v) is 2.20. The number of rotatable bonds is 5. The minimum atomic E-state index is -0.549. The molecule has 7 heteroatoms. The van der Waals surface area contributed by atoms with Gasteiger partial charge in [0.25, 0.3) is 0 Å². The van der Waals surface area contributed by atoms with Crippen molar-refractivity contribution in [1.82, 2.24) is 14.9 Å². The summed E-state index contributed by atoms with van der Waals surface area (Å²) < 4.78 is 11.4. The van der Waals surface area contributed by atoms with E-state index in [1.54, 1.807) is 36.5 Å². The molecule has 0 bridgehead atoms. The second-order valence-electron chi connectivity index (χ2n) is 4.91. The van der Waals surface area contributed by atoms with Crippen LogP contribution in [0.1, 0.15) is 5.56 Å². The summed E-state index contributed by atoms with van der Waals surface area (Å²) in [6.45, 7) is 0.222. The first-order valence-corrected chi connectivity index (χ1v) is 7.01. The van der Waals surface area contributed by atoms with Crippen LogP contribution in [0.25, 0.3) is 11.1 Å². The third-order valence-corrected chi connectivity index (χ3v) is 3.37. The Labute approximate surface area is 131 Å². The number of hydrogen-bond acceptors (Lipinski definition) is 5. The molecule has 0 saturated carbocycles. The SMILES string of the molecule is COc1ccc(CNC(=O)Cn2c(=O)oc3ccccc32)cn1. The van der Waals surface area contributed by atoms with E-state index in [9.17, 15) is 9.59 Å². The molecule has 1 aromatic carbocycles. The topological polar surface area (TPSA) is 86.4 Å². The third-order valence-electron chi connectivity index (χ3n) is 3.37. The molecule has 118 valence electrons. The van der Waals surface area contributed by atoms with Gasteiger partial charge in [0.2, 0.25) is 11.8 Å². The van der Waals surface area contributed by atoms with Crippen LogP contribution >= 0.6 is 0 Å². The van der Waals surface area contributed by atoms with Crippen molar-refractivity contribution < 1.29 is 13.9 Å². The van der Waals surface area contributed by atoms with Crippen molar-refractivity contribution in [2.24, 2.45) is 0 Å². The van der Waals surface area contributed by atoms with E-state index in [2.05, 4.69) is 10.3 Å². The number of hydrogen-bond donors (Lipinski definition) is 1. The Hall–Kier alpha value is -3.09. The standard InChI is InChI=1S/C16H15N3O4/c1-22-15-7-6-11(9-18-15)8-17-14(20)10-19-12-4-2-3-5-13(12)23-16(19)21/h2-7,9H,8,10H2,1H3,(H,17,20). The lowest BCUT2D eigenvalue weighted by molar-refractivity contribution is -0.121. The quantitative estimate of drug-likeness (QED) is 0.767. The lowest BCUT2D eigenvalue weighted by atomic mass is 10.3. The summed E-state index contributed by atoms with van der Waals surface area (Å²) in [6.07, 6.45) is 1.62. The maximum absolute atomic E-state index is 12.0. The molecule has 0 radical (unpaired) electrons. The Morgan fingerprint density at radius 3 is 2.87 bits per heavy atom. The molecule has 23 heavy (non-hydrogen) atoms. The zero-order valence-electron chi connectivity index (χ0n) is 12.5. The number of nitrogens with zero attached hydrogens (tertiary/aromatic N) is 2. The molecule has 0 aliphatic carbocycles. The summed E-state index contributed by atoms with van der Waals surface area (Å²) in [4.78, 5) is 27.9. The van der Waals surface area contributed by atoms with Crippen LogP contribution in [0.4, 0.5) is 0 Å². The second-order valence-corrected chi connectivity index (χ2v) is 4.91. The molecule has 3 rings (SSSR count). The van der Waals surface area contributed by atoms with E-state index >= 15 is 0 Å². The summed E-state index contributed by atoms with van der Waals surface area (Å²) in [6, 6.07) is 10.5. The third kappa shape index (κ3) is 3.23. The number of nitrogens with one attached hydrogen (secondary N) is 1. The predicted molar refractivity (Wildman–Crippen MR) is 83.1 cm³/mol. The van der Waals surface area contributed by atoms with Gasteiger partial charge in [-0.1, -0.05) is 18.2 Å². The molecule has 0 aliphatic heterocycles. The van der Waals surface area contributed by atoms with Gasteiger partial charge in [-0.25, -0.2) is 9.78 Å². The van der Waals surface area contributed by atoms with Gasteiger partial charge in [0.05, 0.1) is 12.6 Å². The van der Waals surface area contributed by atoms with Crippen molar-refractivity contribution >= 4 is 17.0 Å². The number of benzene rings is 1. The number of ether oxygens (including phenoxy) is 1. The minimum absolute atomic E-state index is 0.0978. The van der Waals surface area contributed by atoms with E-state index in [1.807, 2.05) is 6.07 Å². The molecule has 1 amide bonds. The lowest BCUT2D eigenvalue weighted by Crippen LogP contribution is -2.30. The summed E-state index contributed by atoms with van der Waals surface area (Å²) in [7, 11) is 1.54. The maximum atomic E-state index is 12.0. The van der Waals surface area contributed by atoms with Crippen molar-refractivity contribution in [3.8, 4) is 5.88 Å². The molecular weight excluding hydrogens is 298 g/mol. The molecule has 2 heterocycles. The first-order chi connectivity index (χ1) is 11.2. The lowest BCUT2D eigenvalue weighted by Gasteiger charge is -2.06. The fourth-order valence-electron chi connectivity index (χ4n) is 2.20. The van der Waals surface area contributed by atoms with Crippen molar-refractivity contribution in [2.75, 3.05) is 7.11 Å². The van der Waals surface area contributed by atoms with Crippen molar-refractivity contribution in [1.29, 1.82) is 0 Å². The highest BCUT2D eigenvalue weighted by Crippen LogP contribution is 2.11. The number of aromatic nitrogens is 2. The molecule has 0 unspecified atom stereocenters. The van der Waals surface area contributed by atoms with Crippen molar-refractivity contribution in [3.05, 3.63) is 58.7 Å². The molecule has 2 aromatic heterocycles. The van der Waals surface area contributed by atoms with Gasteiger partial charge in [0.15, 0.2) is 5.58 Å². The largest absolute Gasteiger partial charge is 0.481 e. The highest BCUT2D eigenvalue weighted by atomic mass is 16.5. The van der Waals surface area contributed by atoms with Gasteiger partial charge in [0.1, 0.15) is 6.54 Å². The van der Waals surface area contributed by atoms with Crippen LogP contribution in [0, 0.1) is 0 Å². The van der Waals surface area contributed by atoms with Crippen LogP contribution in [0.5, 0.6) is 5.88 Å². The van der Waals surface area contributed by atoms with Gasteiger partial charge >= 0.3 is 5.76 Å². The number of carbonyl (C=O) groups is 1. The van der Waals surface area contributed by atoms with E-state index < -0.39 is 5.76 Å². The van der Waals surface area contributed by atoms with Gasteiger partial charge in [0, 0.05) is 18.8 Å². The molecule has 0 aliphatic rings. The number of pyridine rings is 1. The molecule has 0 fully saturated rings. The average molecular weight is 313 g/mol. The number of para-hydroxylation sites is 2. The first-order valence-electron chi connectivity index (χ1n) is 7.01. The zero-order valence-corrected chi connectivity index (χ0v) is 12.5. The zero-order chi connectivity index (χ0) is 16.2.